The Morgan fingerprint density at radius 3 is 2.23 bits per heavy atom. The van der Waals surface area contributed by atoms with Crippen molar-refractivity contribution >= 4 is 10.8 Å². The van der Waals surface area contributed by atoms with Crippen molar-refractivity contribution < 1.29 is 0 Å². The number of benzene rings is 3. The zero-order chi connectivity index (χ0) is 15.7. The molecule has 0 heterocycles. The van der Waals surface area contributed by atoms with Crippen molar-refractivity contribution in [3.8, 4) is 17.2 Å². The first-order valence-electron chi connectivity index (χ1n) is 7.53. The quantitative estimate of drug-likeness (QED) is 0.564. The monoisotopic (exact) mass is 285 g/mol. The summed E-state index contributed by atoms with van der Waals surface area (Å²) in [4.78, 5) is 0. The molecular weight excluding hydrogens is 266 g/mol. The van der Waals surface area contributed by atoms with Crippen LogP contribution in [0.5, 0.6) is 0 Å². The molecule has 3 aromatic carbocycles. The molecule has 0 aliphatic carbocycles. The topological polar surface area (TPSA) is 23.8 Å². The molecule has 1 heteroatoms. The minimum absolute atomic E-state index is 0.123. The lowest BCUT2D eigenvalue weighted by Gasteiger charge is -2.20. The molecule has 3 rings (SSSR count). The fourth-order valence-corrected chi connectivity index (χ4v) is 2.80. The van der Waals surface area contributed by atoms with Crippen molar-refractivity contribution in [2.24, 2.45) is 0 Å². The van der Waals surface area contributed by atoms with Gasteiger partial charge in [0.1, 0.15) is 0 Å². The van der Waals surface area contributed by atoms with E-state index in [1.165, 1.54) is 16.7 Å². The molecule has 0 N–H and O–H groups in total. The second kappa shape index (κ2) is 5.31. The van der Waals surface area contributed by atoms with E-state index in [1.54, 1.807) is 0 Å². The molecule has 0 radical (unpaired) electrons. The van der Waals surface area contributed by atoms with Crippen LogP contribution in [0.1, 0.15) is 31.9 Å². The van der Waals surface area contributed by atoms with E-state index in [-0.39, 0.29) is 5.41 Å². The number of nitriles is 1. The zero-order valence-corrected chi connectivity index (χ0v) is 13.2. The second-order valence-electron chi connectivity index (χ2n) is 6.65. The number of hydrogen-bond donors (Lipinski definition) is 0. The van der Waals surface area contributed by atoms with Crippen LogP contribution in [-0.2, 0) is 5.41 Å². The molecule has 0 unspecified atom stereocenters. The van der Waals surface area contributed by atoms with Gasteiger partial charge in [0.2, 0.25) is 0 Å². The molecule has 0 bridgehead atoms. The summed E-state index contributed by atoms with van der Waals surface area (Å²) < 4.78 is 0. The van der Waals surface area contributed by atoms with Crippen molar-refractivity contribution in [3.05, 3.63) is 71.8 Å². The average Bonchev–Trinajstić information content (AvgIpc) is 2.53. The minimum atomic E-state index is 0.123. The van der Waals surface area contributed by atoms with E-state index in [4.69, 9.17) is 0 Å². The Hall–Kier alpha value is -2.59. The van der Waals surface area contributed by atoms with E-state index < -0.39 is 0 Å². The molecule has 0 atom stereocenters. The van der Waals surface area contributed by atoms with Gasteiger partial charge in [0.25, 0.3) is 0 Å². The molecule has 0 saturated carbocycles. The molecule has 0 spiro atoms. The fraction of sp³-hybridized carbons (Fsp3) is 0.190. The predicted octanol–water partition coefficient (Wildman–Crippen LogP) is 5.68. The van der Waals surface area contributed by atoms with Gasteiger partial charge in [0.05, 0.1) is 11.6 Å². The van der Waals surface area contributed by atoms with E-state index in [0.29, 0.717) is 0 Å². The van der Waals surface area contributed by atoms with Crippen LogP contribution in [0.4, 0.5) is 0 Å². The van der Waals surface area contributed by atoms with Crippen LogP contribution >= 0.6 is 0 Å². The summed E-state index contributed by atoms with van der Waals surface area (Å²) in [5, 5.41) is 11.4. The summed E-state index contributed by atoms with van der Waals surface area (Å²) in [6.07, 6.45) is 0. The highest BCUT2D eigenvalue weighted by Crippen LogP contribution is 2.33. The SMILES string of the molecule is CC(C)(C)c1cccc(-c2ccc(C#N)c3ccccc23)c1. The highest BCUT2D eigenvalue weighted by atomic mass is 14.2. The van der Waals surface area contributed by atoms with Crippen LogP contribution in [0.25, 0.3) is 21.9 Å². The van der Waals surface area contributed by atoms with E-state index in [0.717, 1.165) is 16.3 Å². The molecular formula is C21H19N. The number of hydrogen-bond acceptors (Lipinski definition) is 1. The zero-order valence-electron chi connectivity index (χ0n) is 13.2. The summed E-state index contributed by atoms with van der Waals surface area (Å²) in [5.41, 5.74) is 4.55. The van der Waals surface area contributed by atoms with Gasteiger partial charge in [-0.05, 0) is 33.6 Å². The van der Waals surface area contributed by atoms with E-state index in [1.807, 2.05) is 24.3 Å². The molecule has 0 saturated heterocycles. The molecule has 0 aliphatic heterocycles. The molecule has 3 aromatic rings. The smallest absolute Gasteiger partial charge is 0.0998 e. The summed E-state index contributed by atoms with van der Waals surface area (Å²) in [6, 6.07) is 23.1. The third-order valence-corrected chi connectivity index (χ3v) is 4.08. The lowest BCUT2D eigenvalue weighted by atomic mass is 9.85. The Kier molecular flexibility index (Phi) is 3.47. The largest absolute Gasteiger partial charge is 0.192 e. The highest BCUT2D eigenvalue weighted by Gasteiger charge is 2.15. The van der Waals surface area contributed by atoms with Crippen LogP contribution in [0, 0.1) is 11.3 Å². The Bertz CT molecular complexity index is 876. The maximum atomic E-state index is 9.30. The summed E-state index contributed by atoms with van der Waals surface area (Å²) >= 11 is 0. The summed E-state index contributed by atoms with van der Waals surface area (Å²) in [7, 11) is 0. The molecule has 22 heavy (non-hydrogen) atoms. The second-order valence-corrected chi connectivity index (χ2v) is 6.65. The van der Waals surface area contributed by atoms with Crippen molar-refractivity contribution in [1.82, 2.24) is 0 Å². The lowest BCUT2D eigenvalue weighted by Crippen LogP contribution is -2.10. The van der Waals surface area contributed by atoms with Gasteiger partial charge in [-0.15, -0.1) is 0 Å². The first kappa shape index (κ1) is 14.4. The Morgan fingerprint density at radius 2 is 1.55 bits per heavy atom. The summed E-state index contributed by atoms with van der Waals surface area (Å²) in [6.45, 7) is 6.68. The van der Waals surface area contributed by atoms with Gasteiger partial charge < -0.3 is 0 Å². The normalized spacial score (nSPS) is 11.4. The molecule has 108 valence electrons. The lowest BCUT2D eigenvalue weighted by molar-refractivity contribution is 0.590. The van der Waals surface area contributed by atoms with Gasteiger partial charge in [-0.3, -0.25) is 0 Å². The maximum Gasteiger partial charge on any atom is 0.0998 e. The fourth-order valence-electron chi connectivity index (χ4n) is 2.80. The van der Waals surface area contributed by atoms with Gasteiger partial charge in [-0.2, -0.15) is 5.26 Å². The van der Waals surface area contributed by atoms with E-state index >= 15 is 0 Å². The highest BCUT2D eigenvalue weighted by molar-refractivity contribution is 5.99. The Morgan fingerprint density at radius 1 is 0.818 bits per heavy atom. The third-order valence-electron chi connectivity index (χ3n) is 4.08. The van der Waals surface area contributed by atoms with Crippen molar-refractivity contribution in [1.29, 1.82) is 5.26 Å². The molecule has 1 nitrogen and oxygen atoms in total. The van der Waals surface area contributed by atoms with E-state index in [9.17, 15) is 5.26 Å². The van der Waals surface area contributed by atoms with Crippen LogP contribution in [0.3, 0.4) is 0 Å². The number of nitrogens with zero attached hydrogens (tertiary/aromatic N) is 1. The van der Waals surface area contributed by atoms with Crippen molar-refractivity contribution in [3.63, 3.8) is 0 Å². The first-order valence-corrected chi connectivity index (χ1v) is 7.53. The average molecular weight is 285 g/mol. The van der Waals surface area contributed by atoms with E-state index in [2.05, 4.69) is 63.2 Å². The van der Waals surface area contributed by atoms with Gasteiger partial charge in [0.15, 0.2) is 0 Å². The van der Waals surface area contributed by atoms with Crippen molar-refractivity contribution in [2.75, 3.05) is 0 Å². The molecule has 0 aromatic heterocycles. The molecule has 0 aliphatic rings. The van der Waals surface area contributed by atoms with Gasteiger partial charge >= 0.3 is 0 Å². The number of rotatable bonds is 1. The predicted molar refractivity (Wildman–Crippen MR) is 92.8 cm³/mol. The molecule has 0 fully saturated rings. The Balaban J connectivity index is 2.26. The van der Waals surface area contributed by atoms with Crippen molar-refractivity contribution in [2.45, 2.75) is 26.2 Å². The summed E-state index contributed by atoms with van der Waals surface area (Å²) in [5.74, 6) is 0. The van der Waals surface area contributed by atoms with Crippen LogP contribution in [-0.4, -0.2) is 0 Å². The van der Waals surface area contributed by atoms with Gasteiger partial charge in [-0.25, -0.2) is 0 Å². The minimum Gasteiger partial charge on any atom is -0.192 e. The van der Waals surface area contributed by atoms with Gasteiger partial charge in [0, 0.05) is 5.39 Å². The standard InChI is InChI=1S/C21H19N/c1-21(2,3)17-8-6-7-15(13-17)19-12-11-16(14-22)18-9-4-5-10-20(18)19/h4-13H,1-3H3. The Labute approximate surface area is 131 Å². The first-order chi connectivity index (χ1) is 10.5. The van der Waals surface area contributed by atoms with Crippen LogP contribution in [0.15, 0.2) is 60.7 Å². The molecule has 0 amide bonds. The third kappa shape index (κ3) is 2.49. The maximum absolute atomic E-state index is 9.30. The van der Waals surface area contributed by atoms with Crippen LogP contribution < -0.4 is 0 Å². The number of fused-ring (bicyclic) bond motifs is 1. The van der Waals surface area contributed by atoms with Crippen LogP contribution in [0.2, 0.25) is 0 Å². The van der Waals surface area contributed by atoms with Gasteiger partial charge in [-0.1, -0.05) is 75.4 Å².